The van der Waals surface area contributed by atoms with Crippen LogP contribution in [0.25, 0.3) is 0 Å². The molecule has 0 fully saturated rings. The third-order valence-electron chi connectivity index (χ3n) is 2.77. The fraction of sp³-hybridized carbons (Fsp3) is 0.357. The second-order valence-corrected chi connectivity index (χ2v) is 5.19. The summed E-state index contributed by atoms with van der Waals surface area (Å²) in [5, 5.41) is 4.52. The maximum Gasteiger partial charge on any atom is 0.145 e. The van der Waals surface area contributed by atoms with Crippen LogP contribution in [0, 0.1) is 0 Å². The lowest BCUT2D eigenvalue weighted by molar-refractivity contribution is 0.395. The number of rotatable bonds is 6. The van der Waals surface area contributed by atoms with Gasteiger partial charge in [0.1, 0.15) is 11.5 Å². The van der Waals surface area contributed by atoms with E-state index in [1.54, 1.807) is 25.6 Å². The highest BCUT2D eigenvalue weighted by molar-refractivity contribution is 7.11. The van der Waals surface area contributed by atoms with Gasteiger partial charge in [0.15, 0.2) is 0 Å². The van der Waals surface area contributed by atoms with Crippen molar-refractivity contribution in [2.24, 2.45) is 0 Å². The standard InChI is InChI=1S/C14H18N2O2S/c1-4-14-16-9-11(19-14)8-15-12-6-5-10(17-2)7-13(12)18-3/h5-7,9,15H,4,8H2,1-3H3. The summed E-state index contributed by atoms with van der Waals surface area (Å²) < 4.78 is 10.5. The van der Waals surface area contributed by atoms with E-state index in [0.29, 0.717) is 0 Å². The van der Waals surface area contributed by atoms with E-state index in [0.717, 1.165) is 30.2 Å². The predicted molar refractivity (Wildman–Crippen MR) is 78.4 cm³/mol. The van der Waals surface area contributed by atoms with E-state index in [-0.39, 0.29) is 0 Å². The maximum absolute atomic E-state index is 5.35. The lowest BCUT2D eigenvalue weighted by Gasteiger charge is -2.11. The second-order valence-electron chi connectivity index (χ2n) is 3.99. The Bertz CT molecular complexity index is 540. The van der Waals surface area contributed by atoms with Crippen molar-refractivity contribution in [2.75, 3.05) is 19.5 Å². The molecule has 5 heteroatoms. The molecule has 0 saturated heterocycles. The Labute approximate surface area is 117 Å². The van der Waals surface area contributed by atoms with Gasteiger partial charge in [0.05, 0.1) is 31.5 Å². The molecule has 0 atom stereocenters. The van der Waals surface area contributed by atoms with Crippen molar-refractivity contribution in [2.45, 2.75) is 19.9 Å². The van der Waals surface area contributed by atoms with Gasteiger partial charge in [-0.15, -0.1) is 11.3 Å². The summed E-state index contributed by atoms with van der Waals surface area (Å²) in [5.74, 6) is 1.56. The highest BCUT2D eigenvalue weighted by Crippen LogP contribution is 2.29. The summed E-state index contributed by atoms with van der Waals surface area (Å²) in [7, 11) is 3.30. The van der Waals surface area contributed by atoms with Crippen LogP contribution in [-0.4, -0.2) is 19.2 Å². The smallest absolute Gasteiger partial charge is 0.145 e. The number of ether oxygens (including phenoxy) is 2. The minimum Gasteiger partial charge on any atom is -0.497 e. The van der Waals surface area contributed by atoms with Crippen LogP contribution in [0.3, 0.4) is 0 Å². The van der Waals surface area contributed by atoms with E-state index in [4.69, 9.17) is 9.47 Å². The van der Waals surface area contributed by atoms with E-state index >= 15 is 0 Å². The number of hydrogen-bond donors (Lipinski definition) is 1. The van der Waals surface area contributed by atoms with Gasteiger partial charge in [-0.25, -0.2) is 4.98 Å². The van der Waals surface area contributed by atoms with Gasteiger partial charge in [-0.05, 0) is 18.6 Å². The van der Waals surface area contributed by atoms with Gasteiger partial charge in [0, 0.05) is 17.1 Å². The average molecular weight is 278 g/mol. The number of thiazole rings is 1. The number of nitrogens with one attached hydrogen (secondary N) is 1. The highest BCUT2D eigenvalue weighted by Gasteiger charge is 2.06. The Balaban J connectivity index is 2.06. The molecular weight excluding hydrogens is 260 g/mol. The van der Waals surface area contributed by atoms with Crippen molar-refractivity contribution in [1.82, 2.24) is 4.98 Å². The molecule has 0 saturated carbocycles. The molecule has 4 nitrogen and oxygen atoms in total. The third-order valence-corrected chi connectivity index (χ3v) is 3.91. The van der Waals surface area contributed by atoms with Crippen molar-refractivity contribution >= 4 is 17.0 Å². The quantitative estimate of drug-likeness (QED) is 0.880. The van der Waals surface area contributed by atoms with Gasteiger partial charge < -0.3 is 14.8 Å². The molecule has 1 N–H and O–H groups in total. The fourth-order valence-electron chi connectivity index (χ4n) is 1.72. The summed E-state index contributed by atoms with van der Waals surface area (Å²) in [6.07, 6.45) is 2.91. The zero-order valence-electron chi connectivity index (χ0n) is 11.4. The van der Waals surface area contributed by atoms with Crippen molar-refractivity contribution < 1.29 is 9.47 Å². The minimum absolute atomic E-state index is 0.750. The van der Waals surface area contributed by atoms with Crippen molar-refractivity contribution in [1.29, 1.82) is 0 Å². The summed E-state index contributed by atoms with van der Waals surface area (Å²) in [4.78, 5) is 5.56. The minimum atomic E-state index is 0.750. The van der Waals surface area contributed by atoms with E-state index in [2.05, 4.69) is 17.2 Å². The molecule has 2 aromatic rings. The fourth-order valence-corrected chi connectivity index (χ4v) is 2.52. The van der Waals surface area contributed by atoms with Crippen LogP contribution in [0.4, 0.5) is 5.69 Å². The number of anilines is 1. The molecule has 1 aromatic heterocycles. The molecular formula is C14H18N2O2S. The lowest BCUT2D eigenvalue weighted by Crippen LogP contribution is -2.00. The lowest BCUT2D eigenvalue weighted by atomic mass is 10.2. The zero-order chi connectivity index (χ0) is 13.7. The summed E-state index contributed by atoms with van der Waals surface area (Å²) in [6.45, 7) is 2.86. The molecule has 0 bridgehead atoms. The molecule has 1 aromatic carbocycles. The Morgan fingerprint density at radius 1 is 1.26 bits per heavy atom. The molecule has 0 amide bonds. The van der Waals surface area contributed by atoms with Crippen LogP contribution >= 0.6 is 11.3 Å². The van der Waals surface area contributed by atoms with Crippen molar-refractivity contribution in [3.05, 3.63) is 34.3 Å². The Morgan fingerprint density at radius 2 is 2.11 bits per heavy atom. The number of nitrogens with zero attached hydrogens (tertiary/aromatic N) is 1. The highest BCUT2D eigenvalue weighted by atomic mass is 32.1. The van der Waals surface area contributed by atoms with Gasteiger partial charge in [-0.3, -0.25) is 0 Å². The maximum atomic E-state index is 5.35. The number of methoxy groups -OCH3 is 2. The van der Waals surface area contributed by atoms with Crippen LogP contribution < -0.4 is 14.8 Å². The first-order valence-electron chi connectivity index (χ1n) is 6.16. The van der Waals surface area contributed by atoms with Gasteiger partial charge in [0.2, 0.25) is 0 Å². The number of aromatic nitrogens is 1. The largest absolute Gasteiger partial charge is 0.497 e. The normalized spacial score (nSPS) is 10.3. The number of benzene rings is 1. The van der Waals surface area contributed by atoms with Crippen LogP contribution in [-0.2, 0) is 13.0 Å². The topological polar surface area (TPSA) is 43.4 Å². The molecule has 0 aliphatic carbocycles. The molecule has 102 valence electrons. The van der Waals surface area contributed by atoms with Gasteiger partial charge in [-0.1, -0.05) is 6.92 Å². The predicted octanol–water partition coefficient (Wildman–Crippen LogP) is 3.33. The molecule has 0 unspecified atom stereocenters. The second kappa shape index (κ2) is 6.43. The van der Waals surface area contributed by atoms with E-state index < -0.39 is 0 Å². The monoisotopic (exact) mass is 278 g/mol. The molecule has 1 heterocycles. The van der Waals surface area contributed by atoms with Crippen LogP contribution in [0.5, 0.6) is 11.5 Å². The number of hydrogen-bond acceptors (Lipinski definition) is 5. The van der Waals surface area contributed by atoms with Gasteiger partial charge in [0.25, 0.3) is 0 Å². The number of aryl methyl sites for hydroxylation is 1. The van der Waals surface area contributed by atoms with Gasteiger partial charge in [-0.2, -0.15) is 0 Å². The van der Waals surface area contributed by atoms with Crippen LogP contribution in [0.2, 0.25) is 0 Å². The molecule has 0 radical (unpaired) electrons. The molecule has 0 aliphatic rings. The molecule has 19 heavy (non-hydrogen) atoms. The van der Waals surface area contributed by atoms with E-state index in [9.17, 15) is 0 Å². The summed E-state index contributed by atoms with van der Waals surface area (Å²) >= 11 is 1.73. The Kier molecular flexibility index (Phi) is 4.63. The van der Waals surface area contributed by atoms with E-state index in [1.165, 1.54) is 9.88 Å². The zero-order valence-corrected chi connectivity index (χ0v) is 12.2. The van der Waals surface area contributed by atoms with Gasteiger partial charge >= 0.3 is 0 Å². The van der Waals surface area contributed by atoms with Crippen LogP contribution in [0.15, 0.2) is 24.4 Å². The van der Waals surface area contributed by atoms with E-state index in [1.807, 2.05) is 24.4 Å². The Hall–Kier alpha value is -1.75. The third kappa shape index (κ3) is 3.38. The molecule has 0 aliphatic heterocycles. The summed E-state index contributed by atoms with van der Waals surface area (Å²) in [5.41, 5.74) is 0.953. The Morgan fingerprint density at radius 3 is 2.74 bits per heavy atom. The average Bonchev–Trinajstić information content (AvgIpc) is 2.92. The van der Waals surface area contributed by atoms with Crippen molar-refractivity contribution in [3.8, 4) is 11.5 Å². The first-order valence-corrected chi connectivity index (χ1v) is 6.98. The SMILES string of the molecule is CCc1ncc(CNc2ccc(OC)cc2OC)s1. The van der Waals surface area contributed by atoms with Crippen LogP contribution in [0.1, 0.15) is 16.8 Å². The first-order chi connectivity index (χ1) is 9.26. The van der Waals surface area contributed by atoms with Crippen molar-refractivity contribution in [3.63, 3.8) is 0 Å². The summed E-state index contributed by atoms with van der Waals surface area (Å²) in [6, 6.07) is 5.74. The molecule has 2 rings (SSSR count). The first kappa shape index (κ1) is 13.7. The molecule has 0 spiro atoms.